The summed E-state index contributed by atoms with van der Waals surface area (Å²) < 4.78 is 29.2. The zero-order valence-electron chi connectivity index (χ0n) is 11.8. The van der Waals surface area contributed by atoms with Crippen LogP contribution in [0.4, 0.5) is 5.69 Å². The van der Waals surface area contributed by atoms with Gasteiger partial charge >= 0.3 is 0 Å². The standard InChI is InChI=1S/C14H9Cl3N4O2S/c15-9-5-12(16)14(13(17)6-9)24(22,23)20-10-1-3-11(4-2-10)21-7-18-19-8-21/h1-8,20H. The predicted octanol–water partition coefficient (Wildman–Crippen LogP) is 4.03. The maximum absolute atomic E-state index is 12.5. The van der Waals surface area contributed by atoms with Crippen LogP contribution in [0.15, 0.2) is 53.9 Å². The van der Waals surface area contributed by atoms with Crippen LogP contribution in [0.2, 0.25) is 15.1 Å². The second kappa shape index (κ2) is 6.60. The maximum Gasteiger partial charge on any atom is 0.264 e. The summed E-state index contributed by atoms with van der Waals surface area (Å²) in [6.45, 7) is 0. The molecule has 2 aromatic carbocycles. The highest BCUT2D eigenvalue weighted by Gasteiger charge is 2.22. The van der Waals surface area contributed by atoms with Gasteiger partial charge in [0.2, 0.25) is 0 Å². The van der Waals surface area contributed by atoms with Crippen molar-refractivity contribution in [2.45, 2.75) is 4.90 Å². The van der Waals surface area contributed by atoms with Gasteiger partial charge in [0.05, 0.1) is 10.0 Å². The minimum Gasteiger partial charge on any atom is -0.288 e. The van der Waals surface area contributed by atoms with Gasteiger partial charge in [-0.15, -0.1) is 10.2 Å². The largest absolute Gasteiger partial charge is 0.288 e. The summed E-state index contributed by atoms with van der Waals surface area (Å²) in [5, 5.41) is 7.56. The Labute approximate surface area is 153 Å². The Morgan fingerprint density at radius 2 is 1.46 bits per heavy atom. The highest BCUT2D eigenvalue weighted by molar-refractivity contribution is 7.93. The first-order chi connectivity index (χ1) is 11.4. The lowest BCUT2D eigenvalue weighted by molar-refractivity contribution is 0.601. The fourth-order valence-corrected chi connectivity index (χ4v) is 4.63. The molecule has 0 aliphatic heterocycles. The van der Waals surface area contributed by atoms with Crippen LogP contribution in [0, 0.1) is 0 Å². The molecule has 0 aliphatic rings. The summed E-state index contributed by atoms with van der Waals surface area (Å²) in [7, 11) is -3.96. The molecule has 124 valence electrons. The predicted molar refractivity (Wildman–Crippen MR) is 93.6 cm³/mol. The lowest BCUT2D eigenvalue weighted by Crippen LogP contribution is -2.14. The van der Waals surface area contributed by atoms with Gasteiger partial charge in [-0.3, -0.25) is 9.29 Å². The zero-order chi connectivity index (χ0) is 17.3. The van der Waals surface area contributed by atoms with Crippen molar-refractivity contribution in [2.75, 3.05) is 4.72 Å². The van der Waals surface area contributed by atoms with Crippen molar-refractivity contribution >= 4 is 50.5 Å². The minimum absolute atomic E-state index is 0.0545. The van der Waals surface area contributed by atoms with Crippen LogP contribution in [-0.2, 0) is 10.0 Å². The van der Waals surface area contributed by atoms with Crippen molar-refractivity contribution in [1.82, 2.24) is 14.8 Å². The normalized spacial score (nSPS) is 11.5. The summed E-state index contributed by atoms with van der Waals surface area (Å²) in [4.78, 5) is -0.224. The van der Waals surface area contributed by atoms with E-state index >= 15 is 0 Å². The molecule has 0 atom stereocenters. The Morgan fingerprint density at radius 1 is 0.917 bits per heavy atom. The average molecular weight is 404 g/mol. The van der Waals surface area contributed by atoms with E-state index in [4.69, 9.17) is 34.8 Å². The quantitative estimate of drug-likeness (QED) is 0.713. The third kappa shape index (κ3) is 3.49. The number of anilines is 1. The Balaban J connectivity index is 1.90. The number of sulfonamides is 1. The molecular weight excluding hydrogens is 395 g/mol. The van der Waals surface area contributed by atoms with Crippen LogP contribution >= 0.6 is 34.8 Å². The number of hydrogen-bond acceptors (Lipinski definition) is 4. The van der Waals surface area contributed by atoms with Gasteiger partial charge in [-0.05, 0) is 36.4 Å². The molecule has 6 nitrogen and oxygen atoms in total. The lowest BCUT2D eigenvalue weighted by Gasteiger charge is -2.12. The van der Waals surface area contributed by atoms with Crippen LogP contribution in [0.3, 0.4) is 0 Å². The Bertz CT molecular complexity index is 951. The van der Waals surface area contributed by atoms with Crippen molar-refractivity contribution in [3.63, 3.8) is 0 Å². The van der Waals surface area contributed by atoms with Crippen molar-refractivity contribution in [1.29, 1.82) is 0 Å². The molecule has 0 bridgehead atoms. The molecule has 0 fully saturated rings. The highest BCUT2D eigenvalue weighted by atomic mass is 35.5. The van der Waals surface area contributed by atoms with Crippen molar-refractivity contribution in [3.05, 3.63) is 64.1 Å². The molecule has 3 rings (SSSR count). The summed E-state index contributed by atoms with van der Waals surface area (Å²) in [6, 6.07) is 9.27. The highest BCUT2D eigenvalue weighted by Crippen LogP contribution is 2.33. The van der Waals surface area contributed by atoms with Gasteiger partial charge in [-0.2, -0.15) is 0 Å². The summed E-state index contributed by atoms with van der Waals surface area (Å²) in [5.41, 5.74) is 1.14. The lowest BCUT2D eigenvalue weighted by atomic mass is 10.3. The second-order valence-electron chi connectivity index (χ2n) is 4.72. The van der Waals surface area contributed by atoms with Crippen LogP contribution in [0.5, 0.6) is 0 Å². The molecule has 0 spiro atoms. The first kappa shape index (κ1) is 17.0. The number of nitrogens with zero attached hydrogens (tertiary/aromatic N) is 3. The van der Waals surface area contributed by atoms with Crippen molar-refractivity contribution in [3.8, 4) is 5.69 Å². The molecular formula is C14H9Cl3N4O2S. The van der Waals surface area contributed by atoms with Gasteiger partial charge in [0.1, 0.15) is 17.6 Å². The fraction of sp³-hybridized carbons (Fsp3) is 0. The minimum atomic E-state index is -3.96. The van der Waals surface area contributed by atoms with Crippen LogP contribution in [-0.4, -0.2) is 23.2 Å². The molecule has 0 aliphatic carbocycles. The topological polar surface area (TPSA) is 76.9 Å². The number of hydrogen-bond donors (Lipinski definition) is 1. The molecule has 1 N–H and O–H groups in total. The van der Waals surface area contributed by atoms with E-state index in [-0.39, 0.29) is 20.0 Å². The molecule has 1 heterocycles. The molecule has 10 heteroatoms. The van der Waals surface area contributed by atoms with E-state index in [1.165, 1.54) is 24.8 Å². The number of benzene rings is 2. The van der Waals surface area contributed by atoms with E-state index in [0.29, 0.717) is 5.69 Å². The maximum atomic E-state index is 12.5. The van der Waals surface area contributed by atoms with Gasteiger partial charge in [0, 0.05) is 16.4 Å². The first-order valence-electron chi connectivity index (χ1n) is 6.49. The van der Waals surface area contributed by atoms with E-state index < -0.39 is 10.0 Å². The van der Waals surface area contributed by atoms with Gasteiger partial charge < -0.3 is 0 Å². The summed E-state index contributed by atoms with van der Waals surface area (Å²) in [6.07, 6.45) is 3.07. The molecule has 0 unspecified atom stereocenters. The van der Waals surface area contributed by atoms with E-state index in [1.54, 1.807) is 28.8 Å². The van der Waals surface area contributed by atoms with E-state index in [2.05, 4.69) is 14.9 Å². The first-order valence-corrected chi connectivity index (χ1v) is 9.11. The van der Waals surface area contributed by atoms with Crippen molar-refractivity contribution < 1.29 is 8.42 Å². The number of aromatic nitrogens is 3. The SMILES string of the molecule is O=S(=O)(Nc1ccc(-n2cnnc2)cc1)c1c(Cl)cc(Cl)cc1Cl. The van der Waals surface area contributed by atoms with Crippen molar-refractivity contribution in [2.24, 2.45) is 0 Å². The molecule has 0 radical (unpaired) electrons. The monoisotopic (exact) mass is 402 g/mol. The number of halogens is 3. The summed E-state index contributed by atoms with van der Waals surface area (Å²) in [5.74, 6) is 0. The van der Waals surface area contributed by atoms with Crippen LogP contribution in [0.25, 0.3) is 5.69 Å². The smallest absolute Gasteiger partial charge is 0.264 e. The second-order valence-corrected chi connectivity index (χ2v) is 7.59. The molecule has 3 aromatic rings. The van der Waals surface area contributed by atoms with E-state index in [9.17, 15) is 8.42 Å². The fourth-order valence-electron chi connectivity index (χ4n) is 2.03. The molecule has 0 saturated carbocycles. The third-order valence-corrected chi connectivity index (χ3v) is 5.59. The number of rotatable bonds is 4. The van der Waals surface area contributed by atoms with Gasteiger partial charge in [-0.25, -0.2) is 8.42 Å². The molecule has 0 saturated heterocycles. The van der Waals surface area contributed by atoms with Gasteiger partial charge in [-0.1, -0.05) is 34.8 Å². The van der Waals surface area contributed by atoms with Crippen LogP contribution in [0.1, 0.15) is 0 Å². The molecule has 24 heavy (non-hydrogen) atoms. The zero-order valence-corrected chi connectivity index (χ0v) is 14.9. The summed E-state index contributed by atoms with van der Waals surface area (Å²) >= 11 is 17.7. The van der Waals surface area contributed by atoms with Crippen LogP contribution < -0.4 is 4.72 Å². The molecule has 1 aromatic heterocycles. The molecule has 0 amide bonds. The average Bonchev–Trinajstić information content (AvgIpc) is 3.00. The number of nitrogens with one attached hydrogen (secondary N) is 1. The van der Waals surface area contributed by atoms with E-state index in [1.807, 2.05) is 0 Å². The van der Waals surface area contributed by atoms with Gasteiger partial charge in [0.25, 0.3) is 10.0 Å². The Kier molecular flexibility index (Phi) is 4.69. The van der Waals surface area contributed by atoms with E-state index in [0.717, 1.165) is 5.69 Å². The Hall–Kier alpha value is -1.80. The Morgan fingerprint density at radius 3 is 2.00 bits per heavy atom. The third-order valence-electron chi connectivity index (χ3n) is 3.07. The van der Waals surface area contributed by atoms with Gasteiger partial charge in [0.15, 0.2) is 0 Å².